The lowest BCUT2D eigenvalue weighted by molar-refractivity contribution is -0.120. The van der Waals surface area contributed by atoms with Crippen LogP contribution in [-0.4, -0.2) is 25.3 Å². The largest absolute Gasteiger partial charge is 0.494 e. The Morgan fingerprint density at radius 2 is 1.88 bits per heavy atom. The van der Waals surface area contributed by atoms with Gasteiger partial charge in [0.2, 0.25) is 5.91 Å². The van der Waals surface area contributed by atoms with Crippen LogP contribution in [0.3, 0.4) is 0 Å². The van der Waals surface area contributed by atoms with Gasteiger partial charge in [-0.25, -0.2) is 0 Å². The van der Waals surface area contributed by atoms with Crippen LogP contribution >= 0.6 is 0 Å². The molecule has 0 atom stereocenters. The SMILES string of the molecule is CNC(=O)CCCOc1ccc(C(C)=O)cc1. The van der Waals surface area contributed by atoms with E-state index in [1.807, 2.05) is 0 Å². The van der Waals surface area contributed by atoms with Crippen LogP contribution in [0.2, 0.25) is 0 Å². The number of ether oxygens (including phenoxy) is 1. The summed E-state index contributed by atoms with van der Waals surface area (Å²) in [6.45, 7) is 2.02. The molecule has 17 heavy (non-hydrogen) atoms. The van der Waals surface area contributed by atoms with Gasteiger partial charge in [0.25, 0.3) is 0 Å². The van der Waals surface area contributed by atoms with Crippen molar-refractivity contribution in [2.45, 2.75) is 19.8 Å². The minimum absolute atomic E-state index is 0.0144. The molecule has 1 rings (SSSR count). The number of carbonyl (C=O) groups excluding carboxylic acids is 2. The van der Waals surface area contributed by atoms with Crippen molar-refractivity contribution in [3.05, 3.63) is 29.8 Å². The standard InChI is InChI=1S/C13H17NO3/c1-10(15)11-5-7-12(8-6-11)17-9-3-4-13(16)14-2/h5-8H,3-4,9H2,1-2H3,(H,14,16). The normalized spacial score (nSPS) is 9.76. The third kappa shape index (κ3) is 4.68. The van der Waals surface area contributed by atoms with Crippen LogP contribution in [0.15, 0.2) is 24.3 Å². The summed E-state index contributed by atoms with van der Waals surface area (Å²) in [6, 6.07) is 6.99. The number of rotatable bonds is 6. The summed E-state index contributed by atoms with van der Waals surface area (Å²) in [5, 5.41) is 2.55. The van der Waals surface area contributed by atoms with Gasteiger partial charge in [0.15, 0.2) is 5.78 Å². The fraction of sp³-hybridized carbons (Fsp3) is 0.385. The molecule has 0 spiro atoms. The molecule has 0 unspecified atom stereocenters. The van der Waals surface area contributed by atoms with Gasteiger partial charge in [-0.2, -0.15) is 0 Å². The molecule has 0 heterocycles. The summed E-state index contributed by atoms with van der Waals surface area (Å²) in [4.78, 5) is 22.0. The van der Waals surface area contributed by atoms with Gasteiger partial charge in [0, 0.05) is 19.0 Å². The molecule has 0 aromatic heterocycles. The summed E-state index contributed by atoms with van der Waals surface area (Å²) in [5.41, 5.74) is 0.669. The number of amides is 1. The molecule has 4 nitrogen and oxygen atoms in total. The first-order chi connectivity index (χ1) is 8.13. The molecule has 1 aromatic rings. The Morgan fingerprint density at radius 1 is 1.24 bits per heavy atom. The van der Waals surface area contributed by atoms with Crippen LogP contribution in [0.5, 0.6) is 5.75 Å². The molecular formula is C13H17NO3. The lowest BCUT2D eigenvalue weighted by Crippen LogP contribution is -2.18. The van der Waals surface area contributed by atoms with Crippen molar-refractivity contribution < 1.29 is 14.3 Å². The van der Waals surface area contributed by atoms with Crippen LogP contribution in [0.1, 0.15) is 30.1 Å². The third-order valence-corrected chi connectivity index (χ3v) is 2.36. The Labute approximate surface area is 101 Å². The lowest BCUT2D eigenvalue weighted by Gasteiger charge is -2.06. The molecule has 4 heteroatoms. The summed E-state index contributed by atoms with van der Waals surface area (Å²) in [5.74, 6) is 0.767. The second-order valence-corrected chi connectivity index (χ2v) is 3.71. The number of carbonyl (C=O) groups is 2. The summed E-state index contributed by atoms with van der Waals surface area (Å²) in [7, 11) is 1.61. The molecule has 0 fully saturated rings. The smallest absolute Gasteiger partial charge is 0.219 e. The average Bonchev–Trinajstić information content (AvgIpc) is 2.34. The van der Waals surface area contributed by atoms with Crippen molar-refractivity contribution >= 4 is 11.7 Å². The van der Waals surface area contributed by atoms with E-state index in [-0.39, 0.29) is 11.7 Å². The van der Waals surface area contributed by atoms with Gasteiger partial charge >= 0.3 is 0 Å². The molecule has 0 bridgehead atoms. The van der Waals surface area contributed by atoms with Gasteiger partial charge < -0.3 is 10.1 Å². The Hall–Kier alpha value is -1.84. The highest BCUT2D eigenvalue weighted by Crippen LogP contribution is 2.12. The summed E-state index contributed by atoms with van der Waals surface area (Å²) in [6.07, 6.45) is 1.14. The average molecular weight is 235 g/mol. The highest BCUT2D eigenvalue weighted by molar-refractivity contribution is 5.94. The van der Waals surface area contributed by atoms with Crippen molar-refractivity contribution in [1.82, 2.24) is 5.32 Å². The first kappa shape index (κ1) is 13.2. The first-order valence-corrected chi connectivity index (χ1v) is 5.58. The van der Waals surface area contributed by atoms with E-state index in [2.05, 4.69) is 5.32 Å². The van der Waals surface area contributed by atoms with Crippen molar-refractivity contribution in [3.63, 3.8) is 0 Å². The monoisotopic (exact) mass is 235 g/mol. The minimum Gasteiger partial charge on any atom is -0.494 e. The highest BCUT2D eigenvalue weighted by atomic mass is 16.5. The zero-order valence-corrected chi connectivity index (χ0v) is 10.2. The van der Waals surface area contributed by atoms with Crippen molar-refractivity contribution in [2.75, 3.05) is 13.7 Å². The van der Waals surface area contributed by atoms with Gasteiger partial charge in [0.1, 0.15) is 5.75 Å². The minimum atomic E-state index is 0.0144. The van der Waals surface area contributed by atoms with Crippen LogP contribution in [-0.2, 0) is 4.79 Å². The zero-order valence-electron chi connectivity index (χ0n) is 10.2. The fourth-order valence-corrected chi connectivity index (χ4v) is 1.33. The quantitative estimate of drug-likeness (QED) is 0.604. The van der Waals surface area contributed by atoms with Crippen molar-refractivity contribution in [1.29, 1.82) is 0 Å². The first-order valence-electron chi connectivity index (χ1n) is 5.58. The summed E-state index contributed by atoms with van der Waals surface area (Å²) >= 11 is 0. The maximum absolute atomic E-state index is 11.0. The Morgan fingerprint density at radius 3 is 2.41 bits per heavy atom. The molecule has 0 aliphatic carbocycles. The van der Waals surface area contributed by atoms with Crippen LogP contribution in [0, 0.1) is 0 Å². The summed E-state index contributed by atoms with van der Waals surface area (Å²) < 4.78 is 5.44. The third-order valence-electron chi connectivity index (χ3n) is 2.36. The van der Waals surface area contributed by atoms with Crippen LogP contribution in [0.25, 0.3) is 0 Å². The van der Waals surface area contributed by atoms with Crippen LogP contribution < -0.4 is 10.1 Å². The highest BCUT2D eigenvalue weighted by Gasteiger charge is 2.00. The van der Waals surface area contributed by atoms with E-state index in [9.17, 15) is 9.59 Å². The molecule has 0 aliphatic heterocycles. The molecule has 1 N–H and O–H groups in total. The lowest BCUT2D eigenvalue weighted by atomic mass is 10.1. The molecule has 1 amide bonds. The van der Waals surface area contributed by atoms with E-state index in [1.165, 1.54) is 6.92 Å². The van der Waals surface area contributed by atoms with Gasteiger partial charge in [0.05, 0.1) is 6.61 Å². The second-order valence-electron chi connectivity index (χ2n) is 3.71. The van der Waals surface area contributed by atoms with E-state index in [4.69, 9.17) is 4.74 Å². The molecule has 1 aromatic carbocycles. The predicted octanol–water partition coefficient (Wildman–Crippen LogP) is 1.79. The van der Waals surface area contributed by atoms with Crippen molar-refractivity contribution in [3.8, 4) is 5.75 Å². The molecule has 0 saturated carbocycles. The van der Waals surface area contributed by atoms with E-state index in [0.29, 0.717) is 30.8 Å². The Balaban J connectivity index is 2.32. The molecular weight excluding hydrogens is 218 g/mol. The Bertz CT molecular complexity index is 384. The Kier molecular flexibility index (Phi) is 5.20. The van der Waals surface area contributed by atoms with Gasteiger partial charge in [-0.3, -0.25) is 9.59 Å². The number of benzene rings is 1. The fourth-order valence-electron chi connectivity index (χ4n) is 1.33. The molecule has 0 saturated heterocycles. The number of nitrogens with one attached hydrogen (secondary N) is 1. The van der Waals surface area contributed by atoms with E-state index >= 15 is 0 Å². The molecule has 92 valence electrons. The topological polar surface area (TPSA) is 55.4 Å². The van der Waals surface area contributed by atoms with Crippen LogP contribution in [0.4, 0.5) is 0 Å². The van der Waals surface area contributed by atoms with E-state index < -0.39 is 0 Å². The second kappa shape index (κ2) is 6.68. The number of Topliss-reactive ketones (excluding diaryl/α,β-unsaturated/α-hetero) is 1. The van der Waals surface area contributed by atoms with Crippen molar-refractivity contribution in [2.24, 2.45) is 0 Å². The molecule has 0 aliphatic rings. The number of hydrogen-bond donors (Lipinski definition) is 1. The van der Waals surface area contributed by atoms with Gasteiger partial charge in [-0.15, -0.1) is 0 Å². The maximum Gasteiger partial charge on any atom is 0.219 e. The molecule has 0 radical (unpaired) electrons. The van der Waals surface area contributed by atoms with Gasteiger partial charge in [-0.1, -0.05) is 0 Å². The number of hydrogen-bond acceptors (Lipinski definition) is 3. The van der Waals surface area contributed by atoms with E-state index in [0.717, 1.165) is 0 Å². The predicted molar refractivity (Wildman–Crippen MR) is 65.2 cm³/mol. The maximum atomic E-state index is 11.0. The van der Waals surface area contributed by atoms with E-state index in [1.54, 1.807) is 31.3 Å². The number of ketones is 1. The van der Waals surface area contributed by atoms with Gasteiger partial charge in [-0.05, 0) is 37.6 Å². The zero-order chi connectivity index (χ0) is 12.7.